The van der Waals surface area contributed by atoms with Crippen LogP contribution in [0.4, 0.5) is 5.69 Å². The van der Waals surface area contributed by atoms with Gasteiger partial charge in [0.25, 0.3) is 0 Å². The maximum absolute atomic E-state index is 5.41. The number of rotatable bonds is 13. The first-order chi connectivity index (χ1) is 17.9. The predicted octanol–water partition coefficient (Wildman–Crippen LogP) is 7.33. The average molecular weight is 505 g/mol. The van der Waals surface area contributed by atoms with Crippen molar-refractivity contribution in [2.45, 2.75) is 72.6 Å². The van der Waals surface area contributed by atoms with E-state index in [-0.39, 0.29) is 0 Å². The van der Waals surface area contributed by atoms with E-state index >= 15 is 0 Å². The number of anilines is 1. The van der Waals surface area contributed by atoms with Crippen LogP contribution in [0.5, 0.6) is 5.75 Å². The van der Waals surface area contributed by atoms with Gasteiger partial charge in [-0.1, -0.05) is 34.1 Å². The Hall–Kier alpha value is -2.53. The van der Waals surface area contributed by atoms with Crippen molar-refractivity contribution in [1.82, 2.24) is 14.5 Å². The highest BCUT2D eigenvalue weighted by Gasteiger charge is 2.18. The molecule has 0 spiro atoms. The summed E-state index contributed by atoms with van der Waals surface area (Å²) < 4.78 is 7.51. The third-order valence-electron chi connectivity index (χ3n) is 7.75. The number of piperidine rings is 1. The first-order valence-corrected chi connectivity index (χ1v) is 14.6. The van der Waals surface area contributed by atoms with Gasteiger partial charge >= 0.3 is 0 Å². The normalized spacial score (nSPS) is 14.7. The van der Waals surface area contributed by atoms with Crippen LogP contribution >= 0.6 is 0 Å². The van der Waals surface area contributed by atoms with E-state index in [1.54, 1.807) is 7.11 Å². The van der Waals surface area contributed by atoms with Crippen molar-refractivity contribution in [2.75, 3.05) is 44.7 Å². The predicted molar refractivity (Wildman–Crippen MR) is 157 cm³/mol. The van der Waals surface area contributed by atoms with Crippen LogP contribution in [-0.4, -0.2) is 54.3 Å². The number of aryl methyl sites for hydroxylation is 1. The molecule has 5 nitrogen and oxygen atoms in total. The van der Waals surface area contributed by atoms with Crippen molar-refractivity contribution in [2.24, 2.45) is 11.8 Å². The molecule has 0 radical (unpaired) electrons. The fourth-order valence-corrected chi connectivity index (χ4v) is 5.37. The number of hydrogen-bond acceptors (Lipinski definition) is 4. The maximum atomic E-state index is 5.41. The van der Waals surface area contributed by atoms with E-state index in [2.05, 4.69) is 72.5 Å². The Morgan fingerprint density at radius 1 is 0.919 bits per heavy atom. The van der Waals surface area contributed by atoms with Crippen molar-refractivity contribution in [3.05, 3.63) is 48.2 Å². The smallest absolute Gasteiger partial charge is 0.118 e. The molecule has 0 atom stereocenters. The molecule has 0 saturated carbocycles. The van der Waals surface area contributed by atoms with Crippen molar-refractivity contribution in [1.29, 1.82) is 0 Å². The molecule has 0 unspecified atom stereocenters. The van der Waals surface area contributed by atoms with Gasteiger partial charge in [-0.2, -0.15) is 5.10 Å². The largest absolute Gasteiger partial charge is 0.497 e. The van der Waals surface area contributed by atoms with Gasteiger partial charge in [0.05, 0.1) is 18.3 Å². The van der Waals surface area contributed by atoms with Gasteiger partial charge in [0.2, 0.25) is 0 Å². The van der Waals surface area contributed by atoms with Gasteiger partial charge < -0.3 is 14.5 Å². The molecule has 1 aromatic carbocycles. The van der Waals surface area contributed by atoms with E-state index in [9.17, 15) is 0 Å². The molecule has 3 aromatic rings. The number of aromatic nitrogens is 2. The Bertz CT molecular complexity index is 1080. The third kappa shape index (κ3) is 7.50. The minimum atomic E-state index is 0.701. The molecule has 1 aliphatic rings. The lowest BCUT2D eigenvalue weighted by molar-refractivity contribution is 0.226. The summed E-state index contributed by atoms with van der Waals surface area (Å²) in [7, 11) is 1.72. The quantitative estimate of drug-likeness (QED) is 0.244. The molecule has 1 fully saturated rings. The molecule has 1 aliphatic heterocycles. The van der Waals surface area contributed by atoms with Crippen LogP contribution in [-0.2, 0) is 6.42 Å². The first kappa shape index (κ1) is 27.5. The summed E-state index contributed by atoms with van der Waals surface area (Å²) in [6.07, 6.45) is 10.9. The number of nitrogens with zero attached hydrogens (tertiary/aromatic N) is 4. The summed E-state index contributed by atoms with van der Waals surface area (Å²) in [6, 6.07) is 13.0. The van der Waals surface area contributed by atoms with Gasteiger partial charge in [0, 0.05) is 36.1 Å². The molecule has 37 heavy (non-hydrogen) atoms. The second-order valence-electron chi connectivity index (χ2n) is 11.6. The molecule has 5 heteroatoms. The number of likely N-dealkylation sites (tertiary alicyclic amines) is 1. The van der Waals surface area contributed by atoms with Gasteiger partial charge in [-0.25, -0.2) is 4.52 Å². The summed E-state index contributed by atoms with van der Waals surface area (Å²) >= 11 is 0. The van der Waals surface area contributed by atoms with Gasteiger partial charge in [-0.05, 0) is 106 Å². The second kappa shape index (κ2) is 13.3. The summed E-state index contributed by atoms with van der Waals surface area (Å²) in [6.45, 7) is 15.2. The first-order valence-electron chi connectivity index (χ1n) is 14.6. The van der Waals surface area contributed by atoms with Crippen molar-refractivity contribution in [3.8, 4) is 17.0 Å². The van der Waals surface area contributed by atoms with Crippen LogP contribution < -0.4 is 9.64 Å². The lowest BCUT2D eigenvalue weighted by atomic mass is 10.0. The monoisotopic (exact) mass is 504 g/mol. The number of fused-ring (bicyclic) bond motifs is 1. The zero-order chi connectivity index (χ0) is 26.2. The van der Waals surface area contributed by atoms with Crippen molar-refractivity contribution in [3.63, 3.8) is 0 Å². The molecular weight excluding hydrogens is 456 g/mol. The molecule has 2 aromatic heterocycles. The van der Waals surface area contributed by atoms with E-state index in [4.69, 9.17) is 9.84 Å². The highest BCUT2D eigenvalue weighted by Crippen LogP contribution is 2.31. The molecule has 3 heterocycles. The highest BCUT2D eigenvalue weighted by molar-refractivity contribution is 5.75. The fourth-order valence-electron chi connectivity index (χ4n) is 5.37. The summed E-state index contributed by atoms with van der Waals surface area (Å²) in [5.74, 6) is 2.28. The number of pyridine rings is 1. The van der Waals surface area contributed by atoms with E-state index in [0.29, 0.717) is 11.8 Å². The highest BCUT2D eigenvalue weighted by atomic mass is 16.5. The Morgan fingerprint density at radius 2 is 1.59 bits per heavy atom. The summed E-state index contributed by atoms with van der Waals surface area (Å²) in [5, 5.41) is 5.10. The van der Waals surface area contributed by atoms with E-state index in [1.807, 2.05) is 12.1 Å². The maximum Gasteiger partial charge on any atom is 0.118 e. The molecule has 4 rings (SSSR count). The Morgan fingerprint density at radius 3 is 2.22 bits per heavy atom. The molecule has 0 bridgehead atoms. The Labute approximate surface area is 224 Å². The van der Waals surface area contributed by atoms with Gasteiger partial charge in [0.15, 0.2) is 0 Å². The lowest BCUT2D eigenvalue weighted by Gasteiger charge is -2.27. The van der Waals surface area contributed by atoms with Crippen molar-refractivity contribution >= 4 is 11.2 Å². The topological polar surface area (TPSA) is 33.0 Å². The van der Waals surface area contributed by atoms with E-state index in [1.165, 1.54) is 74.9 Å². The van der Waals surface area contributed by atoms with Crippen LogP contribution in [0.3, 0.4) is 0 Å². The molecule has 1 saturated heterocycles. The Balaban J connectivity index is 1.66. The van der Waals surface area contributed by atoms with Crippen LogP contribution in [0.15, 0.2) is 42.6 Å². The minimum Gasteiger partial charge on any atom is -0.497 e. The number of ether oxygens (including phenoxy) is 1. The van der Waals surface area contributed by atoms with Crippen LogP contribution in [0, 0.1) is 11.8 Å². The van der Waals surface area contributed by atoms with Crippen LogP contribution in [0.1, 0.15) is 71.8 Å². The Kier molecular flexibility index (Phi) is 9.90. The summed E-state index contributed by atoms with van der Waals surface area (Å²) in [5.41, 5.74) is 6.22. The zero-order valence-corrected chi connectivity index (χ0v) is 23.9. The van der Waals surface area contributed by atoms with Gasteiger partial charge in [-0.15, -0.1) is 0 Å². The number of benzene rings is 1. The van der Waals surface area contributed by atoms with E-state index in [0.717, 1.165) is 36.5 Å². The average Bonchev–Trinajstić information content (AvgIpc) is 3.27. The zero-order valence-electron chi connectivity index (χ0n) is 23.9. The standard InChI is InChI=1S/C32H48N4O/c1-25(2)15-21-35(22-16-26(3)4)28-17-23-36-31(24-28)30(10-9-20-34-18-7-6-8-19-34)32(33-36)27-11-13-29(37-5)14-12-27/h11-14,17,23-26H,6-10,15-16,18-22H2,1-5H3. The molecular formula is C32H48N4O. The molecule has 0 amide bonds. The van der Waals surface area contributed by atoms with Crippen LogP contribution in [0.25, 0.3) is 16.8 Å². The molecule has 202 valence electrons. The van der Waals surface area contributed by atoms with Crippen LogP contribution in [0.2, 0.25) is 0 Å². The van der Waals surface area contributed by atoms with E-state index < -0.39 is 0 Å². The van der Waals surface area contributed by atoms with Gasteiger partial charge in [0.1, 0.15) is 5.75 Å². The van der Waals surface area contributed by atoms with Crippen molar-refractivity contribution < 1.29 is 4.74 Å². The number of methoxy groups -OCH3 is 1. The third-order valence-corrected chi connectivity index (χ3v) is 7.75. The van der Waals surface area contributed by atoms with Gasteiger partial charge in [-0.3, -0.25) is 0 Å². The lowest BCUT2D eigenvalue weighted by Crippen LogP contribution is -2.30. The number of hydrogen-bond donors (Lipinski definition) is 0. The SMILES string of the molecule is COc1ccc(-c2nn3ccc(N(CCC(C)C)CCC(C)C)cc3c2CCCN2CCCCC2)cc1. The minimum absolute atomic E-state index is 0.701. The fraction of sp³-hybridized carbons (Fsp3) is 0.594. The molecule has 0 N–H and O–H groups in total. The second-order valence-corrected chi connectivity index (χ2v) is 11.6. The molecule has 0 aliphatic carbocycles. The summed E-state index contributed by atoms with van der Waals surface area (Å²) in [4.78, 5) is 5.24.